The maximum atomic E-state index is 12.6. The Labute approximate surface area is 170 Å². The fraction of sp³-hybridized carbons (Fsp3) is 0.211. The van der Waals surface area contributed by atoms with Gasteiger partial charge in [-0.15, -0.1) is 10.2 Å². The van der Waals surface area contributed by atoms with Gasteiger partial charge in [-0.3, -0.25) is 4.79 Å². The molecule has 1 amide bonds. The minimum Gasteiger partial charge on any atom is -0.493 e. The number of methoxy groups -OCH3 is 2. The molecule has 0 saturated carbocycles. The van der Waals surface area contributed by atoms with Gasteiger partial charge in [-0.2, -0.15) is 0 Å². The summed E-state index contributed by atoms with van der Waals surface area (Å²) < 4.78 is 17.1. The first kappa shape index (κ1) is 19.2. The lowest BCUT2D eigenvalue weighted by molar-refractivity contribution is 0.0772. The van der Waals surface area contributed by atoms with Crippen LogP contribution in [0.5, 0.6) is 11.5 Å². The van der Waals surface area contributed by atoms with Gasteiger partial charge in [0.25, 0.3) is 5.91 Å². The number of carbonyl (C=O) groups is 1. The maximum Gasteiger partial charge on any atom is 0.255 e. The van der Waals surface area contributed by atoms with E-state index in [1.54, 1.807) is 50.4 Å². The van der Waals surface area contributed by atoms with Crippen molar-refractivity contribution >= 4 is 28.5 Å². The fourth-order valence-electron chi connectivity index (χ4n) is 2.52. The van der Waals surface area contributed by atoms with E-state index in [2.05, 4.69) is 32.8 Å². The molecule has 0 spiro atoms. The highest BCUT2D eigenvalue weighted by Gasteiger charge is 2.18. The molecular formula is C19H18IN3O4. The van der Waals surface area contributed by atoms with Crippen molar-refractivity contribution in [3.8, 4) is 23.0 Å². The number of nitrogens with zero attached hydrogens (tertiary/aromatic N) is 3. The molecule has 1 heterocycles. The third-order valence-electron chi connectivity index (χ3n) is 3.92. The number of carbonyl (C=O) groups excluding carboxylic acids is 1. The molecule has 0 saturated heterocycles. The monoisotopic (exact) mass is 479 g/mol. The zero-order chi connectivity index (χ0) is 19.4. The van der Waals surface area contributed by atoms with E-state index >= 15 is 0 Å². The molecule has 0 fully saturated rings. The highest BCUT2D eigenvalue weighted by Crippen LogP contribution is 2.31. The van der Waals surface area contributed by atoms with Crippen LogP contribution in [-0.4, -0.2) is 42.3 Å². The Hall–Kier alpha value is -2.62. The Bertz CT molecular complexity index is 958. The van der Waals surface area contributed by atoms with Gasteiger partial charge in [0.2, 0.25) is 11.8 Å². The molecule has 0 aliphatic rings. The second-order valence-electron chi connectivity index (χ2n) is 5.71. The third kappa shape index (κ3) is 4.21. The topological polar surface area (TPSA) is 77.7 Å². The number of hydrogen-bond donors (Lipinski definition) is 0. The Kier molecular flexibility index (Phi) is 5.94. The molecule has 0 aliphatic carbocycles. The minimum absolute atomic E-state index is 0.106. The SMILES string of the molecule is COc1ccc(-c2nnc(CN(C)C(=O)c3ccccc3I)o2)cc1OC. The van der Waals surface area contributed by atoms with E-state index in [0.717, 1.165) is 3.57 Å². The first-order valence-corrected chi connectivity index (χ1v) is 9.16. The van der Waals surface area contributed by atoms with Crippen molar-refractivity contribution < 1.29 is 18.7 Å². The molecule has 2 aromatic carbocycles. The lowest BCUT2D eigenvalue weighted by Crippen LogP contribution is -2.27. The van der Waals surface area contributed by atoms with Crippen LogP contribution in [0, 0.1) is 3.57 Å². The van der Waals surface area contributed by atoms with Crippen molar-refractivity contribution in [3.63, 3.8) is 0 Å². The summed E-state index contributed by atoms with van der Waals surface area (Å²) in [6, 6.07) is 12.8. The second-order valence-corrected chi connectivity index (χ2v) is 6.87. The van der Waals surface area contributed by atoms with Gasteiger partial charge in [0, 0.05) is 16.2 Å². The number of aromatic nitrogens is 2. The van der Waals surface area contributed by atoms with Gasteiger partial charge in [0.05, 0.1) is 26.3 Å². The van der Waals surface area contributed by atoms with Gasteiger partial charge in [0.15, 0.2) is 11.5 Å². The van der Waals surface area contributed by atoms with E-state index < -0.39 is 0 Å². The van der Waals surface area contributed by atoms with Crippen LogP contribution in [0.3, 0.4) is 0 Å². The highest BCUT2D eigenvalue weighted by atomic mass is 127. The summed E-state index contributed by atoms with van der Waals surface area (Å²) in [4.78, 5) is 14.1. The zero-order valence-corrected chi connectivity index (χ0v) is 17.3. The molecule has 140 valence electrons. The summed E-state index contributed by atoms with van der Waals surface area (Å²) in [6.07, 6.45) is 0. The molecule has 0 aliphatic heterocycles. The molecule has 3 rings (SSSR count). The number of hydrogen-bond acceptors (Lipinski definition) is 6. The Morgan fingerprint density at radius 1 is 1.11 bits per heavy atom. The largest absolute Gasteiger partial charge is 0.493 e. The van der Waals surface area contributed by atoms with Gasteiger partial charge >= 0.3 is 0 Å². The van der Waals surface area contributed by atoms with Gasteiger partial charge < -0.3 is 18.8 Å². The van der Waals surface area contributed by atoms with Crippen LogP contribution in [0.4, 0.5) is 0 Å². The van der Waals surface area contributed by atoms with Crippen LogP contribution in [0.15, 0.2) is 46.9 Å². The minimum atomic E-state index is -0.106. The van der Waals surface area contributed by atoms with Crippen LogP contribution in [0.25, 0.3) is 11.5 Å². The standard InChI is InChI=1S/C19H18IN3O4/c1-23(19(24)13-6-4-5-7-14(13)20)11-17-21-22-18(27-17)12-8-9-15(25-2)16(10-12)26-3/h4-10H,11H2,1-3H3. The number of amides is 1. The summed E-state index contributed by atoms with van der Waals surface area (Å²) in [6.45, 7) is 0.212. The van der Waals surface area contributed by atoms with Crippen LogP contribution in [0.1, 0.15) is 16.2 Å². The smallest absolute Gasteiger partial charge is 0.255 e. The van der Waals surface area contributed by atoms with E-state index in [4.69, 9.17) is 13.9 Å². The van der Waals surface area contributed by atoms with E-state index in [-0.39, 0.29) is 12.5 Å². The first-order valence-electron chi connectivity index (χ1n) is 8.08. The van der Waals surface area contributed by atoms with Crippen LogP contribution in [0.2, 0.25) is 0 Å². The average molecular weight is 479 g/mol. The van der Waals surface area contributed by atoms with Crippen LogP contribution in [-0.2, 0) is 6.54 Å². The van der Waals surface area contributed by atoms with E-state index in [9.17, 15) is 4.79 Å². The molecule has 7 nitrogen and oxygen atoms in total. The molecule has 27 heavy (non-hydrogen) atoms. The van der Waals surface area contributed by atoms with Crippen LogP contribution >= 0.6 is 22.6 Å². The number of ether oxygens (including phenoxy) is 2. The predicted octanol–water partition coefficient (Wildman–Crippen LogP) is 3.63. The van der Waals surface area contributed by atoms with E-state index in [1.807, 2.05) is 18.2 Å². The fourth-order valence-corrected chi connectivity index (χ4v) is 3.14. The molecule has 1 aromatic heterocycles. The van der Waals surface area contributed by atoms with Crippen molar-refractivity contribution in [3.05, 3.63) is 57.5 Å². The van der Waals surface area contributed by atoms with E-state index in [0.29, 0.717) is 34.4 Å². The van der Waals surface area contributed by atoms with Gasteiger partial charge in [-0.25, -0.2) is 0 Å². The van der Waals surface area contributed by atoms with Gasteiger partial charge in [0.1, 0.15) is 0 Å². The zero-order valence-electron chi connectivity index (χ0n) is 15.1. The Morgan fingerprint density at radius 2 is 1.85 bits per heavy atom. The number of rotatable bonds is 6. The average Bonchev–Trinajstić information content (AvgIpc) is 3.15. The number of halogens is 1. The molecule has 0 N–H and O–H groups in total. The summed E-state index contributed by atoms with van der Waals surface area (Å²) >= 11 is 2.14. The summed E-state index contributed by atoms with van der Waals surface area (Å²) in [7, 11) is 4.83. The molecular weight excluding hydrogens is 461 g/mol. The predicted molar refractivity (Wildman–Crippen MR) is 108 cm³/mol. The Balaban J connectivity index is 1.76. The molecule has 0 radical (unpaired) electrons. The van der Waals surface area contributed by atoms with Gasteiger partial charge in [-0.05, 0) is 52.9 Å². The molecule has 8 heteroatoms. The molecule has 0 unspecified atom stereocenters. The van der Waals surface area contributed by atoms with Crippen molar-refractivity contribution in [1.82, 2.24) is 15.1 Å². The quantitative estimate of drug-likeness (QED) is 0.503. The lowest BCUT2D eigenvalue weighted by atomic mass is 10.2. The van der Waals surface area contributed by atoms with Crippen molar-refractivity contribution in [2.24, 2.45) is 0 Å². The van der Waals surface area contributed by atoms with Crippen molar-refractivity contribution in [2.75, 3.05) is 21.3 Å². The number of benzene rings is 2. The van der Waals surface area contributed by atoms with Crippen molar-refractivity contribution in [1.29, 1.82) is 0 Å². The van der Waals surface area contributed by atoms with Crippen molar-refractivity contribution in [2.45, 2.75) is 6.54 Å². The molecule has 0 atom stereocenters. The lowest BCUT2D eigenvalue weighted by Gasteiger charge is -2.15. The molecule has 0 bridgehead atoms. The highest BCUT2D eigenvalue weighted by molar-refractivity contribution is 14.1. The first-order chi connectivity index (χ1) is 13.0. The summed E-state index contributed by atoms with van der Waals surface area (Å²) in [5, 5.41) is 8.11. The normalized spacial score (nSPS) is 10.5. The maximum absolute atomic E-state index is 12.6. The second kappa shape index (κ2) is 8.38. The van der Waals surface area contributed by atoms with Gasteiger partial charge in [-0.1, -0.05) is 12.1 Å². The Morgan fingerprint density at radius 3 is 2.56 bits per heavy atom. The van der Waals surface area contributed by atoms with Crippen LogP contribution < -0.4 is 9.47 Å². The van der Waals surface area contributed by atoms with E-state index in [1.165, 1.54) is 0 Å². The molecule has 3 aromatic rings. The third-order valence-corrected chi connectivity index (χ3v) is 4.86. The summed E-state index contributed by atoms with van der Waals surface area (Å²) in [5.74, 6) is 1.78. The summed E-state index contributed by atoms with van der Waals surface area (Å²) in [5.41, 5.74) is 1.35.